The minimum atomic E-state index is -0.251. The number of aromatic amines is 1. The maximum atomic E-state index is 13.0. The molecule has 6 nitrogen and oxygen atoms in total. The van der Waals surface area contributed by atoms with E-state index in [0.717, 1.165) is 39.4 Å². The molecular weight excluding hydrogens is 465 g/mol. The summed E-state index contributed by atoms with van der Waals surface area (Å²) >= 11 is 4.63. The van der Waals surface area contributed by atoms with E-state index in [1.807, 2.05) is 6.92 Å². The van der Waals surface area contributed by atoms with Crippen molar-refractivity contribution < 1.29 is 4.39 Å². The average molecular weight is 488 g/mol. The molecule has 0 amide bonds. The molecule has 1 aromatic carbocycles. The molecule has 0 aliphatic heterocycles. The fourth-order valence-corrected chi connectivity index (χ4v) is 7.21. The summed E-state index contributed by atoms with van der Waals surface area (Å²) < 4.78 is 13.8. The summed E-state index contributed by atoms with van der Waals surface area (Å²) in [6, 6.07) is 6.36. The number of anilines is 1. The molecule has 166 valence electrons. The standard InChI is InChI=1S/C22H22FN5OS3/c1-11-3-8-15-16(9-11)31-20-17(15)19(29)25-18(26-20)12(2)30-22-28-27-21(32-22)24-10-13-4-6-14(23)7-5-13/h4-7,11-12H,3,8-10H2,1-2H3,(H,24,27)(H,25,26,29). The first kappa shape index (κ1) is 21.5. The number of nitrogens with one attached hydrogen (secondary N) is 2. The van der Waals surface area contributed by atoms with E-state index in [2.05, 4.69) is 27.4 Å². The van der Waals surface area contributed by atoms with E-state index < -0.39 is 0 Å². The number of nitrogens with zero attached hydrogens (tertiary/aromatic N) is 3. The second-order valence-corrected chi connectivity index (χ2v) is 11.7. The highest BCUT2D eigenvalue weighted by Gasteiger charge is 2.24. The van der Waals surface area contributed by atoms with Crippen LogP contribution in [0, 0.1) is 11.7 Å². The molecule has 0 saturated carbocycles. The Bertz CT molecular complexity index is 1310. The van der Waals surface area contributed by atoms with E-state index in [-0.39, 0.29) is 16.6 Å². The van der Waals surface area contributed by atoms with Gasteiger partial charge in [0.2, 0.25) is 5.13 Å². The molecule has 3 aromatic heterocycles. The van der Waals surface area contributed by atoms with Crippen LogP contribution in [0.15, 0.2) is 33.4 Å². The maximum absolute atomic E-state index is 13.0. The first-order valence-corrected chi connectivity index (χ1v) is 13.0. The normalized spacial score (nSPS) is 16.8. The van der Waals surface area contributed by atoms with Gasteiger partial charge in [-0.1, -0.05) is 42.2 Å². The summed E-state index contributed by atoms with van der Waals surface area (Å²) in [4.78, 5) is 22.8. The fraction of sp³-hybridized carbons (Fsp3) is 0.364. The Morgan fingerprint density at radius 3 is 2.91 bits per heavy atom. The largest absolute Gasteiger partial charge is 0.356 e. The Morgan fingerprint density at radius 2 is 2.09 bits per heavy atom. The minimum absolute atomic E-state index is 0.0385. The van der Waals surface area contributed by atoms with E-state index in [9.17, 15) is 9.18 Å². The van der Waals surface area contributed by atoms with Gasteiger partial charge >= 0.3 is 0 Å². The lowest BCUT2D eigenvalue weighted by atomic mass is 9.89. The Kier molecular flexibility index (Phi) is 6.00. The fourth-order valence-electron chi connectivity index (χ4n) is 3.87. The Morgan fingerprint density at radius 1 is 1.28 bits per heavy atom. The van der Waals surface area contributed by atoms with Gasteiger partial charge in [0.15, 0.2) is 4.34 Å². The zero-order valence-electron chi connectivity index (χ0n) is 17.6. The molecule has 2 atom stereocenters. The van der Waals surface area contributed by atoms with Crippen LogP contribution in [0.4, 0.5) is 9.52 Å². The van der Waals surface area contributed by atoms with Gasteiger partial charge in [-0.05, 0) is 55.4 Å². The number of H-pyrrole nitrogens is 1. The number of benzene rings is 1. The van der Waals surface area contributed by atoms with Crippen LogP contribution in [0.2, 0.25) is 0 Å². The second-order valence-electron chi connectivity index (χ2n) is 8.10. The third kappa shape index (κ3) is 4.44. The van der Waals surface area contributed by atoms with Gasteiger partial charge in [0.25, 0.3) is 5.56 Å². The van der Waals surface area contributed by atoms with Crippen LogP contribution in [-0.2, 0) is 19.4 Å². The van der Waals surface area contributed by atoms with Crippen LogP contribution in [0.25, 0.3) is 10.2 Å². The minimum Gasteiger partial charge on any atom is -0.356 e. The van der Waals surface area contributed by atoms with Crippen molar-refractivity contribution in [1.82, 2.24) is 20.2 Å². The number of thiophene rings is 1. The topological polar surface area (TPSA) is 83.6 Å². The van der Waals surface area contributed by atoms with E-state index in [0.29, 0.717) is 23.4 Å². The summed E-state index contributed by atoms with van der Waals surface area (Å²) in [5.41, 5.74) is 2.13. The Labute approximate surface area is 196 Å². The van der Waals surface area contributed by atoms with Crippen LogP contribution in [0.1, 0.15) is 47.3 Å². The predicted octanol–water partition coefficient (Wildman–Crippen LogP) is 5.57. The highest BCUT2D eigenvalue weighted by molar-refractivity contribution is 8.01. The van der Waals surface area contributed by atoms with Crippen LogP contribution < -0.4 is 10.9 Å². The average Bonchev–Trinajstić information content (AvgIpc) is 3.36. The van der Waals surface area contributed by atoms with Gasteiger partial charge in [-0.2, -0.15) is 0 Å². The lowest BCUT2D eigenvalue weighted by Gasteiger charge is -2.17. The number of hydrogen-bond donors (Lipinski definition) is 2. The molecule has 0 fully saturated rings. The number of fused-ring (bicyclic) bond motifs is 3. The van der Waals surface area contributed by atoms with Gasteiger partial charge < -0.3 is 10.3 Å². The molecule has 5 rings (SSSR count). The molecule has 32 heavy (non-hydrogen) atoms. The number of thioether (sulfide) groups is 1. The van der Waals surface area contributed by atoms with E-state index >= 15 is 0 Å². The van der Waals surface area contributed by atoms with Gasteiger partial charge in [0.05, 0.1) is 10.6 Å². The highest BCUT2D eigenvalue weighted by Crippen LogP contribution is 2.39. The molecule has 0 bridgehead atoms. The van der Waals surface area contributed by atoms with E-state index in [1.54, 1.807) is 23.5 Å². The number of aryl methyl sites for hydroxylation is 1. The maximum Gasteiger partial charge on any atom is 0.259 e. The first-order valence-electron chi connectivity index (χ1n) is 10.5. The van der Waals surface area contributed by atoms with Crippen LogP contribution in [0.5, 0.6) is 0 Å². The van der Waals surface area contributed by atoms with Gasteiger partial charge in [0.1, 0.15) is 16.5 Å². The zero-order chi connectivity index (χ0) is 22.2. The molecular formula is C22H22FN5OS3. The summed E-state index contributed by atoms with van der Waals surface area (Å²) in [5.74, 6) is 1.07. The van der Waals surface area contributed by atoms with Crippen molar-refractivity contribution in [2.24, 2.45) is 5.92 Å². The molecule has 0 radical (unpaired) electrons. The van der Waals surface area contributed by atoms with Crippen molar-refractivity contribution in [3.05, 3.63) is 62.3 Å². The zero-order valence-corrected chi connectivity index (χ0v) is 20.1. The third-order valence-corrected chi connectivity index (χ3v) is 8.83. The van der Waals surface area contributed by atoms with Crippen molar-refractivity contribution in [3.63, 3.8) is 0 Å². The van der Waals surface area contributed by atoms with Crippen molar-refractivity contribution >= 4 is 49.8 Å². The lowest BCUT2D eigenvalue weighted by molar-refractivity contribution is 0.509. The van der Waals surface area contributed by atoms with Crippen LogP contribution in [-0.4, -0.2) is 20.2 Å². The monoisotopic (exact) mass is 487 g/mol. The molecule has 1 aliphatic carbocycles. The Hall–Kier alpha value is -2.30. The highest BCUT2D eigenvalue weighted by atomic mass is 32.2. The molecule has 0 spiro atoms. The summed E-state index contributed by atoms with van der Waals surface area (Å²) in [6.45, 7) is 4.82. The number of rotatable bonds is 6. The second kappa shape index (κ2) is 8.92. The molecule has 1 aliphatic rings. The quantitative estimate of drug-likeness (QED) is 0.346. The number of halogens is 1. The molecule has 3 heterocycles. The van der Waals surface area contributed by atoms with Gasteiger partial charge in [-0.3, -0.25) is 4.79 Å². The van der Waals surface area contributed by atoms with Crippen molar-refractivity contribution in [1.29, 1.82) is 0 Å². The number of hydrogen-bond acceptors (Lipinski definition) is 8. The molecule has 4 aromatic rings. The summed E-state index contributed by atoms with van der Waals surface area (Å²) in [6.07, 6.45) is 3.12. The first-order chi connectivity index (χ1) is 15.5. The Balaban J connectivity index is 1.29. The molecule has 2 unspecified atom stereocenters. The summed E-state index contributed by atoms with van der Waals surface area (Å²) in [5, 5.41) is 13.1. The van der Waals surface area contributed by atoms with Gasteiger partial charge in [0, 0.05) is 11.4 Å². The predicted molar refractivity (Wildman–Crippen MR) is 129 cm³/mol. The van der Waals surface area contributed by atoms with Crippen molar-refractivity contribution in [2.45, 2.75) is 49.2 Å². The molecule has 10 heteroatoms. The van der Waals surface area contributed by atoms with E-state index in [4.69, 9.17) is 4.98 Å². The van der Waals surface area contributed by atoms with Gasteiger partial charge in [-0.15, -0.1) is 21.5 Å². The van der Waals surface area contributed by atoms with Gasteiger partial charge in [-0.25, -0.2) is 9.37 Å². The smallest absolute Gasteiger partial charge is 0.259 e. The molecule has 2 N–H and O–H groups in total. The van der Waals surface area contributed by atoms with E-state index in [1.165, 1.54) is 45.7 Å². The third-order valence-electron chi connectivity index (χ3n) is 5.61. The van der Waals surface area contributed by atoms with Crippen molar-refractivity contribution in [3.8, 4) is 0 Å². The lowest BCUT2D eigenvalue weighted by Crippen LogP contribution is -2.15. The summed E-state index contributed by atoms with van der Waals surface area (Å²) in [7, 11) is 0. The van der Waals surface area contributed by atoms with Crippen molar-refractivity contribution in [2.75, 3.05) is 5.32 Å². The van der Waals surface area contributed by atoms with Crippen LogP contribution >= 0.6 is 34.4 Å². The number of aromatic nitrogens is 4. The SMILES string of the molecule is CC1CCc2c(sc3nc(C(C)Sc4nnc(NCc5ccc(F)cc5)s4)[nH]c(=O)c23)C1. The van der Waals surface area contributed by atoms with Crippen LogP contribution in [0.3, 0.4) is 0 Å². The molecule has 0 saturated heterocycles.